The molecular weight excluding hydrogens is 390 g/mol. The van der Waals surface area contributed by atoms with Gasteiger partial charge in [-0.15, -0.1) is 0 Å². The molecule has 0 aliphatic heterocycles. The van der Waals surface area contributed by atoms with Crippen molar-refractivity contribution in [2.45, 2.75) is 51.9 Å². The summed E-state index contributed by atoms with van der Waals surface area (Å²) in [4.78, 5) is 4.50. The Labute approximate surface area is 187 Å². The molecule has 0 spiro atoms. The third-order valence-corrected chi connectivity index (χ3v) is 8.16. The highest BCUT2D eigenvalue weighted by molar-refractivity contribution is 6.26. The van der Waals surface area contributed by atoms with Gasteiger partial charge in [0, 0.05) is 29.2 Å². The van der Waals surface area contributed by atoms with E-state index in [1.807, 2.05) is 12.4 Å². The van der Waals surface area contributed by atoms with E-state index in [0.29, 0.717) is 5.92 Å². The van der Waals surface area contributed by atoms with Gasteiger partial charge in [0.05, 0.1) is 27.3 Å². The molecule has 0 bridgehead atoms. The molecule has 0 amide bonds. The van der Waals surface area contributed by atoms with Crippen LogP contribution in [0.5, 0.6) is 0 Å². The van der Waals surface area contributed by atoms with Gasteiger partial charge in [-0.3, -0.25) is 4.98 Å². The second kappa shape index (κ2) is 6.41. The van der Waals surface area contributed by atoms with Gasteiger partial charge in [-0.05, 0) is 72.9 Å². The normalized spacial score (nSPS) is 15.8. The third-order valence-electron chi connectivity index (χ3n) is 8.16. The molecule has 0 saturated heterocycles. The third kappa shape index (κ3) is 2.26. The Balaban J connectivity index is 1.79. The molecule has 158 valence electrons. The smallest absolute Gasteiger partial charge is 0.224 e. The van der Waals surface area contributed by atoms with Gasteiger partial charge < -0.3 is 4.40 Å². The monoisotopic (exact) mass is 418 g/mol. The maximum Gasteiger partial charge on any atom is 0.224 e. The van der Waals surface area contributed by atoms with E-state index < -0.39 is 0 Å². The predicted molar refractivity (Wildman–Crippen MR) is 133 cm³/mol. The van der Waals surface area contributed by atoms with Gasteiger partial charge in [-0.1, -0.05) is 25.3 Å². The fourth-order valence-electron chi connectivity index (χ4n) is 6.44. The van der Waals surface area contributed by atoms with Crippen LogP contribution in [0.1, 0.15) is 54.7 Å². The summed E-state index contributed by atoms with van der Waals surface area (Å²) in [5, 5.41) is 6.69. The molecule has 0 unspecified atom stereocenters. The van der Waals surface area contributed by atoms with Crippen molar-refractivity contribution in [3.05, 3.63) is 65.6 Å². The Morgan fingerprint density at radius 3 is 2.62 bits per heavy atom. The molecule has 32 heavy (non-hydrogen) atoms. The van der Waals surface area contributed by atoms with Crippen LogP contribution in [0, 0.1) is 13.8 Å². The van der Waals surface area contributed by atoms with E-state index in [1.54, 1.807) is 0 Å². The van der Waals surface area contributed by atoms with Crippen LogP contribution in [0.2, 0.25) is 0 Å². The molecule has 1 saturated carbocycles. The van der Waals surface area contributed by atoms with Gasteiger partial charge in [0.25, 0.3) is 0 Å². The standard InChI is InChI=1S/C29H28N3/c1-17-13-22-23-16-30-11-9-24(23)32-25-15-21(19-7-5-4-6-8-19)14-20-10-12-31(3)29(27(20)25)26(18(17)2)28(22)32/h9-16,19H,4-8H2,1-3H3/q+1. The van der Waals surface area contributed by atoms with Gasteiger partial charge in [0.2, 0.25) is 5.52 Å². The number of fused-ring (bicyclic) bond motifs is 5. The minimum atomic E-state index is 0.682. The Hall–Kier alpha value is -3.20. The fourth-order valence-corrected chi connectivity index (χ4v) is 6.44. The van der Waals surface area contributed by atoms with Gasteiger partial charge in [-0.2, -0.15) is 0 Å². The molecule has 7 rings (SSSR count). The first-order valence-electron chi connectivity index (χ1n) is 12.0. The van der Waals surface area contributed by atoms with Crippen molar-refractivity contribution in [2.75, 3.05) is 0 Å². The van der Waals surface area contributed by atoms with E-state index in [1.165, 1.54) is 97.8 Å². The number of rotatable bonds is 1. The molecule has 3 nitrogen and oxygen atoms in total. The lowest BCUT2D eigenvalue weighted by molar-refractivity contribution is -0.643. The van der Waals surface area contributed by atoms with Gasteiger partial charge in [0.15, 0.2) is 6.20 Å². The zero-order chi connectivity index (χ0) is 21.6. The summed E-state index contributed by atoms with van der Waals surface area (Å²) in [7, 11) is 2.20. The van der Waals surface area contributed by atoms with Crippen LogP contribution >= 0.6 is 0 Å². The fraction of sp³-hybridized carbons (Fsp3) is 0.310. The minimum Gasteiger partial charge on any atom is -0.307 e. The number of pyridine rings is 3. The van der Waals surface area contributed by atoms with Crippen LogP contribution in [0.25, 0.3) is 49.0 Å². The van der Waals surface area contributed by atoms with Crippen molar-refractivity contribution in [1.29, 1.82) is 0 Å². The zero-order valence-corrected chi connectivity index (χ0v) is 19.1. The summed E-state index contributed by atoms with van der Waals surface area (Å²) in [6.07, 6.45) is 13.0. The highest BCUT2D eigenvalue weighted by Gasteiger charge is 2.26. The van der Waals surface area contributed by atoms with Crippen LogP contribution in [-0.4, -0.2) is 9.38 Å². The van der Waals surface area contributed by atoms with Crippen molar-refractivity contribution in [2.24, 2.45) is 7.05 Å². The predicted octanol–water partition coefficient (Wildman–Crippen LogP) is 6.87. The van der Waals surface area contributed by atoms with E-state index in [4.69, 9.17) is 0 Å². The number of hydrogen-bond donors (Lipinski definition) is 0. The molecule has 0 atom stereocenters. The maximum absolute atomic E-state index is 4.50. The SMILES string of the molecule is Cc1cc2c3cnccc3n3c4cc(C5CCCCC5)cc5cc[n+](C)c(c(c1C)c23)c54. The molecule has 2 aromatic carbocycles. The number of aromatic nitrogens is 3. The topological polar surface area (TPSA) is 21.2 Å². The van der Waals surface area contributed by atoms with Crippen molar-refractivity contribution in [3.8, 4) is 0 Å². The summed E-state index contributed by atoms with van der Waals surface area (Å²) in [6.45, 7) is 4.53. The minimum absolute atomic E-state index is 0.682. The van der Waals surface area contributed by atoms with E-state index in [9.17, 15) is 0 Å². The molecule has 3 heteroatoms. The Kier molecular flexibility index (Phi) is 3.68. The zero-order valence-electron chi connectivity index (χ0n) is 19.1. The van der Waals surface area contributed by atoms with Gasteiger partial charge in [0.1, 0.15) is 7.05 Å². The van der Waals surface area contributed by atoms with Crippen molar-refractivity contribution in [1.82, 2.24) is 9.38 Å². The molecule has 1 aliphatic rings. The van der Waals surface area contributed by atoms with Crippen molar-refractivity contribution < 1.29 is 4.57 Å². The van der Waals surface area contributed by atoms with Crippen LogP contribution < -0.4 is 4.57 Å². The number of hydrogen-bond acceptors (Lipinski definition) is 1. The first kappa shape index (κ1) is 18.4. The molecule has 0 N–H and O–H groups in total. The molecule has 4 aromatic heterocycles. The number of benzene rings is 2. The van der Waals surface area contributed by atoms with Crippen molar-refractivity contribution >= 4 is 49.0 Å². The number of nitrogens with zero attached hydrogens (tertiary/aromatic N) is 3. The van der Waals surface area contributed by atoms with Gasteiger partial charge in [-0.25, -0.2) is 4.57 Å². The Morgan fingerprint density at radius 1 is 0.938 bits per heavy atom. The molecule has 4 heterocycles. The lowest BCUT2D eigenvalue weighted by Gasteiger charge is -2.23. The first-order chi connectivity index (χ1) is 15.6. The van der Waals surface area contributed by atoms with E-state index in [2.05, 4.69) is 71.4 Å². The van der Waals surface area contributed by atoms with Crippen LogP contribution in [0.3, 0.4) is 0 Å². The first-order valence-corrected chi connectivity index (χ1v) is 12.0. The van der Waals surface area contributed by atoms with E-state index in [-0.39, 0.29) is 0 Å². The van der Waals surface area contributed by atoms with E-state index in [0.717, 1.165) is 0 Å². The van der Waals surface area contributed by atoms with Gasteiger partial charge >= 0.3 is 0 Å². The number of aryl methyl sites for hydroxylation is 3. The average molecular weight is 419 g/mol. The lowest BCUT2D eigenvalue weighted by Crippen LogP contribution is -2.29. The highest BCUT2D eigenvalue weighted by Crippen LogP contribution is 2.43. The lowest BCUT2D eigenvalue weighted by atomic mass is 9.83. The van der Waals surface area contributed by atoms with E-state index >= 15 is 0 Å². The maximum atomic E-state index is 4.50. The Morgan fingerprint density at radius 2 is 1.78 bits per heavy atom. The largest absolute Gasteiger partial charge is 0.307 e. The molecule has 1 fully saturated rings. The molecule has 0 radical (unpaired) electrons. The molecule has 6 aromatic rings. The van der Waals surface area contributed by atoms with Crippen LogP contribution in [0.4, 0.5) is 0 Å². The quantitative estimate of drug-likeness (QED) is 0.162. The second-order valence-corrected chi connectivity index (χ2v) is 9.93. The summed E-state index contributed by atoms with van der Waals surface area (Å²) in [5.74, 6) is 0.682. The average Bonchev–Trinajstić information content (AvgIpc) is 3.15. The summed E-state index contributed by atoms with van der Waals surface area (Å²) in [6, 6.07) is 11.9. The Bertz CT molecular complexity index is 1680. The highest BCUT2D eigenvalue weighted by atomic mass is 15.0. The summed E-state index contributed by atoms with van der Waals surface area (Å²) < 4.78 is 4.86. The van der Waals surface area contributed by atoms with Crippen molar-refractivity contribution in [3.63, 3.8) is 0 Å². The molecule has 1 aliphatic carbocycles. The summed E-state index contributed by atoms with van der Waals surface area (Å²) in [5.41, 5.74) is 9.53. The van der Waals surface area contributed by atoms with Crippen LogP contribution in [0.15, 0.2) is 48.9 Å². The van der Waals surface area contributed by atoms with Crippen LogP contribution in [-0.2, 0) is 7.05 Å². The second-order valence-electron chi connectivity index (χ2n) is 9.93. The molecular formula is C29H28N3+. The summed E-state index contributed by atoms with van der Waals surface area (Å²) >= 11 is 0.